The van der Waals surface area contributed by atoms with Gasteiger partial charge in [0.25, 0.3) is 0 Å². The monoisotopic (exact) mass is 353 g/mol. The molecule has 0 bridgehead atoms. The Bertz CT molecular complexity index is 496. The highest BCUT2D eigenvalue weighted by molar-refractivity contribution is 9.10. The normalized spacial score (nSPS) is 17.1. The fraction of sp³-hybridized carbons (Fsp3) is 0.562. The molecule has 3 N–H and O–H groups in total. The van der Waals surface area contributed by atoms with Crippen LogP contribution in [0, 0.1) is 11.8 Å². The fourth-order valence-corrected chi connectivity index (χ4v) is 3.30. The molecule has 2 rings (SSSR count). The highest BCUT2D eigenvalue weighted by atomic mass is 79.9. The SMILES string of the molecule is CC(C)C1CCN(CC(=O)Nc2ccc(N)cc2Br)CC1. The number of nitrogens with one attached hydrogen (secondary N) is 1. The first-order valence-electron chi connectivity index (χ1n) is 7.53. The van der Waals surface area contributed by atoms with Crippen LogP contribution in [0.1, 0.15) is 26.7 Å². The van der Waals surface area contributed by atoms with Crippen LogP contribution in [0.4, 0.5) is 11.4 Å². The third-order valence-corrected chi connectivity index (χ3v) is 4.87. The summed E-state index contributed by atoms with van der Waals surface area (Å²) in [5.74, 6) is 1.57. The average Bonchev–Trinajstić information content (AvgIpc) is 2.42. The summed E-state index contributed by atoms with van der Waals surface area (Å²) in [6, 6.07) is 5.40. The van der Waals surface area contributed by atoms with Gasteiger partial charge in [-0.1, -0.05) is 13.8 Å². The molecule has 5 heteroatoms. The molecule has 1 heterocycles. The number of carbonyl (C=O) groups excluding carboxylic acids is 1. The molecule has 116 valence electrons. The summed E-state index contributed by atoms with van der Waals surface area (Å²) in [6.07, 6.45) is 2.38. The highest BCUT2D eigenvalue weighted by Gasteiger charge is 2.22. The topological polar surface area (TPSA) is 58.4 Å². The van der Waals surface area contributed by atoms with Crippen LogP contribution in [0.2, 0.25) is 0 Å². The molecule has 0 aromatic heterocycles. The Morgan fingerprint density at radius 2 is 2.10 bits per heavy atom. The van der Waals surface area contributed by atoms with E-state index in [0.29, 0.717) is 12.2 Å². The van der Waals surface area contributed by atoms with Gasteiger partial charge in [0.05, 0.1) is 12.2 Å². The second-order valence-corrected chi connectivity index (χ2v) is 7.00. The van der Waals surface area contributed by atoms with Gasteiger partial charge in [0.1, 0.15) is 0 Å². The van der Waals surface area contributed by atoms with Crippen LogP contribution in [-0.4, -0.2) is 30.4 Å². The Balaban J connectivity index is 1.83. The summed E-state index contributed by atoms with van der Waals surface area (Å²) in [7, 11) is 0. The third-order valence-electron chi connectivity index (χ3n) is 4.21. The second kappa shape index (κ2) is 7.27. The molecular formula is C16H24BrN3O. The van der Waals surface area contributed by atoms with Gasteiger partial charge in [-0.25, -0.2) is 0 Å². The number of piperidine rings is 1. The Morgan fingerprint density at radius 1 is 1.43 bits per heavy atom. The van der Waals surface area contributed by atoms with Gasteiger partial charge in [-0.2, -0.15) is 0 Å². The lowest BCUT2D eigenvalue weighted by molar-refractivity contribution is -0.117. The van der Waals surface area contributed by atoms with E-state index in [0.717, 1.165) is 35.1 Å². The third kappa shape index (κ3) is 4.71. The van der Waals surface area contributed by atoms with E-state index < -0.39 is 0 Å². The number of anilines is 2. The first kappa shape index (κ1) is 16.3. The van der Waals surface area contributed by atoms with Gasteiger partial charge in [-0.05, 0) is 71.9 Å². The van der Waals surface area contributed by atoms with Gasteiger partial charge >= 0.3 is 0 Å². The average molecular weight is 354 g/mol. The molecule has 1 aliphatic heterocycles. The van der Waals surface area contributed by atoms with Crippen molar-refractivity contribution in [2.24, 2.45) is 11.8 Å². The van der Waals surface area contributed by atoms with Crippen LogP contribution in [0.15, 0.2) is 22.7 Å². The van der Waals surface area contributed by atoms with E-state index in [1.165, 1.54) is 12.8 Å². The van der Waals surface area contributed by atoms with Gasteiger partial charge in [0.15, 0.2) is 0 Å². The minimum Gasteiger partial charge on any atom is -0.399 e. The van der Waals surface area contributed by atoms with E-state index in [1.54, 1.807) is 12.1 Å². The number of benzene rings is 1. The van der Waals surface area contributed by atoms with E-state index >= 15 is 0 Å². The number of hydrogen-bond acceptors (Lipinski definition) is 3. The molecule has 0 aliphatic carbocycles. The van der Waals surface area contributed by atoms with Crippen molar-refractivity contribution in [1.29, 1.82) is 0 Å². The summed E-state index contributed by atoms with van der Waals surface area (Å²) in [4.78, 5) is 14.4. The maximum absolute atomic E-state index is 12.1. The van der Waals surface area contributed by atoms with Crippen LogP contribution in [-0.2, 0) is 4.79 Å². The first-order valence-corrected chi connectivity index (χ1v) is 8.32. The predicted molar refractivity (Wildman–Crippen MR) is 91.2 cm³/mol. The van der Waals surface area contributed by atoms with Crippen LogP contribution in [0.3, 0.4) is 0 Å². The van der Waals surface area contributed by atoms with Gasteiger partial charge in [-0.3, -0.25) is 9.69 Å². The van der Waals surface area contributed by atoms with Crippen molar-refractivity contribution in [2.45, 2.75) is 26.7 Å². The van der Waals surface area contributed by atoms with Crippen molar-refractivity contribution in [3.05, 3.63) is 22.7 Å². The number of likely N-dealkylation sites (tertiary alicyclic amines) is 1. The van der Waals surface area contributed by atoms with E-state index in [1.807, 2.05) is 6.07 Å². The minimum atomic E-state index is 0.0310. The summed E-state index contributed by atoms with van der Waals surface area (Å²) in [6.45, 7) is 7.05. The lowest BCUT2D eigenvalue weighted by atomic mass is 9.87. The van der Waals surface area contributed by atoms with Crippen molar-refractivity contribution in [1.82, 2.24) is 4.90 Å². The number of nitrogens with zero attached hydrogens (tertiary/aromatic N) is 1. The Morgan fingerprint density at radius 3 is 2.67 bits per heavy atom. The van der Waals surface area contributed by atoms with Crippen molar-refractivity contribution in [2.75, 3.05) is 30.7 Å². The maximum Gasteiger partial charge on any atom is 0.238 e. The Labute approximate surface area is 135 Å². The number of rotatable bonds is 4. The van der Waals surface area contributed by atoms with Crippen molar-refractivity contribution >= 4 is 33.2 Å². The number of nitrogen functional groups attached to an aromatic ring is 1. The zero-order valence-electron chi connectivity index (χ0n) is 12.7. The van der Waals surface area contributed by atoms with Crippen LogP contribution in [0.25, 0.3) is 0 Å². The lowest BCUT2D eigenvalue weighted by Gasteiger charge is -2.33. The molecule has 0 saturated carbocycles. The number of amides is 1. The molecule has 1 fully saturated rings. The minimum absolute atomic E-state index is 0.0310. The lowest BCUT2D eigenvalue weighted by Crippen LogP contribution is -2.40. The summed E-state index contributed by atoms with van der Waals surface area (Å²) < 4.78 is 0.814. The molecular weight excluding hydrogens is 330 g/mol. The molecule has 21 heavy (non-hydrogen) atoms. The fourth-order valence-electron chi connectivity index (χ4n) is 2.80. The standard InChI is InChI=1S/C16H24BrN3O/c1-11(2)12-5-7-20(8-6-12)10-16(21)19-15-4-3-13(18)9-14(15)17/h3-4,9,11-12H,5-8,10,18H2,1-2H3,(H,19,21). The molecule has 1 aliphatic rings. The molecule has 1 aromatic carbocycles. The quantitative estimate of drug-likeness (QED) is 0.816. The number of halogens is 1. The molecule has 1 amide bonds. The van der Waals surface area contributed by atoms with Gasteiger partial charge in [0, 0.05) is 10.2 Å². The molecule has 0 atom stereocenters. The van der Waals surface area contributed by atoms with Crippen molar-refractivity contribution < 1.29 is 4.79 Å². The molecule has 1 saturated heterocycles. The van der Waals surface area contributed by atoms with Crippen LogP contribution >= 0.6 is 15.9 Å². The summed E-state index contributed by atoms with van der Waals surface area (Å²) in [5, 5.41) is 2.94. The number of hydrogen-bond donors (Lipinski definition) is 2. The summed E-state index contributed by atoms with van der Waals surface area (Å²) in [5.41, 5.74) is 7.14. The van der Waals surface area contributed by atoms with Crippen LogP contribution < -0.4 is 11.1 Å². The van der Waals surface area contributed by atoms with Gasteiger partial charge in [-0.15, -0.1) is 0 Å². The molecule has 0 spiro atoms. The number of nitrogens with two attached hydrogens (primary N) is 1. The van der Waals surface area contributed by atoms with Crippen molar-refractivity contribution in [3.63, 3.8) is 0 Å². The molecule has 0 radical (unpaired) electrons. The maximum atomic E-state index is 12.1. The largest absolute Gasteiger partial charge is 0.399 e. The summed E-state index contributed by atoms with van der Waals surface area (Å²) >= 11 is 3.42. The molecule has 1 aromatic rings. The molecule has 0 unspecified atom stereocenters. The smallest absolute Gasteiger partial charge is 0.238 e. The molecule has 4 nitrogen and oxygen atoms in total. The Kier molecular flexibility index (Phi) is 5.65. The van der Waals surface area contributed by atoms with Gasteiger partial charge < -0.3 is 11.1 Å². The second-order valence-electron chi connectivity index (χ2n) is 6.15. The van der Waals surface area contributed by atoms with Crippen molar-refractivity contribution in [3.8, 4) is 0 Å². The van der Waals surface area contributed by atoms with Crippen LogP contribution in [0.5, 0.6) is 0 Å². The zero-order chi connectivity index (χ0) is 15.4. The van der Waals surface area contributed by atoms with Gasteiger partial charge in [0.2, 0.25) is 5.91 Å². The predicted octanol–water partition coefficient (Wildman–Crippen LogP) is 3.34. The number of carbonyl (C=O) groups is 1. The highest BCUT2D eigenvalue weighted by Crippen LogP contribution is 2.26. The Hall–Kier alpha value is -1.07. The van der Waals surface area contributed by atoms with E-state index in [-0.39, 0.29) is 5.91 Å². The van der Waals surface area contributed by atoms with E-state index in [9.17, 15) is 4.79 Å². The zero-order valence-corrected chi connectivity index (χ0v) is 14.3. The first-order chi connectivity index (χ1) is 9.95. The van der Waals surface area contributed by atoms with E-state index in [4.69, 9.17) is 5.73 Å². The van der Waals surface area contributed by atoms with E-state index in [2.05, 4.69) is 40.0 Å².